The number of halogens is 1. The summed E-state index contributed by atoms with van der Waals surface area (Å²) >= 11 is 0. The second-order valence-electron chi connectivity index (χ2n) is 8.54. The molecule has 176 valence electrons. The van der Waals surface area contributed by atoms with Crippen LogP contribution < -0.4 is 10.1 Å². The Kier molecular flexibility index (Phi) is 7.55. The van der Waals surface area contributed by atoms with Crippen LogP contribution in [0.5, 0.6) is 5.75 Å². The SMILES string of the molecule is COCCN1C[C@@H]2CN(CC(=O)Nc3ccc(OC)c(F)c3)C(=O)N2[C@@H](CC(C)C)C1=O. The van der Waals surface area contributed by atoms with E-state index in [0.717, 1.165) is 6.07 Å². The van der Waals surface area contributed by atoms with Gasteiger partial charge in [-0.15, -0.1) is 0 Å². The number of methoxy groups -OCH3 is 2. The predicted octanol–water partition coefficient (Wildman–Crippen LogP) is 1.78. The van der Waals surface area contributed by atoms with Gasteiger partial charge in [0.05, 0.1) is 19.8 Å². The van der Waals surface area contributed by atoms with Crippen molar-refractivity contribution in [2.24, 2.45) is 5.92 Å². The van der Waals surface area contributed by atoms with Crippen LogP contribution in [0.3, 0.4) is 0 Å². The van der Waals surface area contributed by atoms with Gasteiger partial charge in [0, 0.05) is 38.5 Å². The van der Waals surface area contributed by atoms with Crippen molar-refractivity contribution < 1.29 is 28.2 Å². The molecule has 2 heterocycles. The van der Waals surface area contributed by atoms with Crippen molar-refractivity contribution in [2.75, 3.05) is 52.3 Å². The minimum atomic E-state index is -0.592. The number of anilines is 1. The summed E-state index contributed by atoms with van der Waals surface area (Å²) in [6.45, 7) is 5.47. The molecule has 2 saturated heterocycles. The highest BCUT2D eigenvalue weighted by Crippen LogP contribution is 2.29. The van der Waals surface area contributed by atoms with Gasteiger partial charge in [-0.25, -0.2) is 9.18 Å². The number of benzene rings is 1. The van der Waals surface area contributed by atoms with Gasteiger partial charge in [-0.3, -0.25) is 9.59 Å². The number of nitrogens with one attached hydrogen (secondary N) is 1. The lowest BCUT2D eigenvalue weighted by atomic mass is 9.97. The summed E-state index contributed by atoms with van der Waals surface area (Å²) in [5, 5.41) is 2.61. The molecule has 2 fully saturated rings. The fraction of sp³-hybridized carbons (Fsp3) is 0.591. The second-order valence-corrected chi connectivity index (χ2v) is 8.54. The van der Waals surface area contributed by atoms with E-state index >= 15 is 0 Å². The summed E-state index contributed by atoms with van der Waals surface area (Å²) < 4.78 is 23.9. The summed E-state index contributed by atoms with van der Waals surface area (Å²) in [5.41, 5.74) is 0.274. The quantitative estimate of drug-likeness (QED) is 0.619. The van der Waals surface area contributed by atoms with Crippen LogP contribution in [0.25, 0.3) is 0 Å². The van der Waals surface area contributed by atoms with Crippen molar-refractivity contribution in [3.8, 4) is 5.75 Å². The van der Waals surface area contributed by atoms with Crippen LogP contribution in [0.2, 0.25) is 0 Å². The van der Waals surface area contributed by atoms with E-state index < -0.39 is 17.8 Å². The molecule has 3 rings (SSSR count). The van der Waals surface area contributed by atoms with Crippen LogP contribution in [-0.4, -0.2) is 91.6 Å². The van der Waals surface area contributed by atoms with Gasteiger partial charge in [-0.05, 0) is 24.5 Å². The molecule has 9 nitrogen and oxygen atoms in total. The molecule has 4 amide bonds. The van der Waals surface area contributed by atoms with Crippen molar-refractivity contribution in [1.82, 2.24) is 14.7 Å². The molecule has 1 aromatic rings. The van der Waals surface area contributed by atoms with E-state index in [1.165, 1.54) is 24.1 Å². The second kappa shape index (κ2) is 10.2. The Morgan fingerprint density at radius 2 is 1.94 bits per heavy atom. The summed E-state index contributed by atoms with van der Waals surface area (Å²) in [5.74, 6) is -0.812. The van der Waals surface area contributed by atoms with E-state index in [1.54, 1.807) is 16.9 Å². The largest absolute Gasteiger partial charge is 0.494 e. The molecule has 2 aliphatic rings. The Balaban J connectivity index is 1.69. The molecule has 2 atom stereocenters. The topological polar surface area (TPSA) is 91.4 Å². The van der Waals surface area contributed by atoms with Crippen LogP contribution in [-0.2, 0) is 14.3 Å². The molecule has 0 unspecified atom stereocenters. The maximum absolute atomic E-state index is 13.9. The average molecular weight is 451 g/mol. The number of hydrogen-bond acceptors (Lipinski definition) is 5. The number of ether oxygens (including phenoxy) is 2. The van der Waals surface area contributed by atoms with E-state index in [0.29, 0.717) is 32.7 Å². The molecule has 32 heavy (non-hydrogen) atoms. The van der Waals surface area contributed by atoms with Crippen molar-refractivity contribution >= 4 is 23.5 Å². The molecule has 0 bridgehead atoms. The lowest BCUT2D eigenvalue weighted by Crippen LogP contribution is -2.61. The number of hydrogen-bond donors (Lipinski definition) is 1. The van der Waals surface area contributed by atoms with Crippen molar-refractivity contribution in [2.45, 2.75) is 32.4 Å². The summed E-state index contributed by atoms with van der Waals surface area (Å²) in [6, 6.07) is 3.05. The smallest absolute Gasteiger partial charge is 0.321 e. The van der Waals surface area contributed by atoms with E-state index in [2.05, 4.69) is 5.32 Å². The third kappa shape index (κ3) is 5.12. The minimum Gasteiger partial charge on any atom is -0.494 e. The summed E-state index contributed by atoms with van der Waals surface area (Å²) in [4.78, 5) is 43.5. The standard InChI is InChI=1S/C22H31FN4O5/c1-14(2)9-18-21(29)25(7-8-31-3)11-16-12-26(22(30)27(16)18)13-20(28)24-15-5-6-19(32-4)17(23)10-15/h5-6,10,14,16,18H,7-9,11-13H2,1-4H3,(H,24,28)/t16-,18+/m1/s1. The lowest BCUT2D eigenvalue weighted by molar-refractivity contribution is -0.143. The summed E-state index contributed by atoms with van der Waals surface area (Å²) in [6.07, 6.45) is 0.551. The van der Waals surface area contributed by atoms with Gasteiger partial charge in [0.1, 0.15) is 12.6 Å². The highest BCUT2D eigenvalue weighted by atomic mass is 19.1. The molecule has 1 aromatic carbocycles. The maximum Gasteiger partial charge on any atom is 0.321 e. The zero-order chi connectivity index (χ0) is 23.4. The Morgan fingerprint density at radius 3 is 2.56 bits per heavy atom. The highest BCUT2D eigenvalue weighted by Gasteiger charge is 2.49. The van der Waals surface area contributed by atoms with Crippen LogP contribution in [0.4, 0.5) is 14.9 Å². The third-order valence-corrected chi connectivity index (χ3v) is 5.71. The minimum absolute atomic E-state index is 0.0773. The van der Waals surface area contributed by atoms with E-state index in [9.17, 15) is 18.8 Å². The molecule has 0 radical (unpaired) electrons. The maximum atomic E-state index is 13.9. The molecule has 1 N–H and O–H groups in total. The number of rotatable bonds is 9. The number of amides is 4. The molecule has 0 aromatic heterocycles. The van der Waals surface area contributed by atoms with Gasteiger partial charge in [0.25, 0.3) is 0 Å². The van der Waals surface area contributed by atoms with Crippen LogP contribution in [0.15, 0.2) is 18.2 Å². The molecular weight excluding hydrogens is 419 g/mol. The van der Waals surface area contributed by atoms with E-state index in [-0.39, 0.29) is 41.9 Å². The Hall–Kier alpha value is -2.88. The number of carbonyl (C=O) groups excluding carboxylic acids is 3. The fourth-order valence-electron chi connectivity index (χ4n) is 4.26. The first-order valence-electron chi connectivity index (χ1n) is 10.7. The third-order valence-electron chi connectivity index (χ3n) is 5.71. The first kappa shape index (κ1) is 23.8. The van der Waals surface area contributed by atoms with Crippen LogP contribution >= 0.6 is 0 Å². The number of fused-ring (bicyclic) bond motifs is 1. The fourth-order valence-corrected chi connectivity index (χ4v) is 4.26. The Morgan fingerprint density at radius 1 is 1.22 bits per heavy atom. The monoisotopic (exact) mass is 450 g/mol. The van der Waals surface area contributed by atoms with Gasteiger partial charge < -0.3 is 29.5 Å². The number of urea groups is 1. The lowest BCUT2D eigenvalue weighted by Gasteiger charge is -2.42. The molecule has 0 saturated carbocycles. The van der Waals surface area contributed by atoms with Gasteiger partial charge in [-0.2, -0.15) is 0 Å². The van der Waals surface area contributed by atoms with Gasteiger partial charge >= 0.3 is 6.03 Å². The van der Waals surface area contributed by atoms with Crippen LogP contribution in [0, 0.1) is 11.7 Å². The predicted molar refractivity (Wildman–Crippen MR) is 116 cm³/mol. The van der Waals surface area contributed by atoms with Gasteiger partial charge in [0.15, 0.2) is 11.6 Å². The zero-order valence-electron chi connectivity index (χ0n) is 19.0. The normalized spacial score (nSPS) is 20.8. The Bertz CT molecular complexity index is 865. The number of piperazine rings is 1. The molecule has 0 aliphatic carbocycles. The van der Waals surface area contributed by atoms with Crippen molar-refractivity contribution in [3.05, 3.63) is 24.0 Å². The van der Waals surface area contributed by atoms with E-state index in [4.69, 9.17) is 9.47 Å². The van der Waals surface area contributed by atoms with Crippen molar-refractivity contribution in [1.29, 1.82) is 0 Å². The van der Waals surface area contributed by atoms with Gasteiger partial charge in [-0.1, -0.05) is 13.8 Å². The molecular formula is C22H31FN4O5. The number of nitrogens with zero attached hydrogens (tertiary/aromatic N) is 3. The van der Waals surface area contributed by atoms with Crippen LogP contribution in [0.1, 0.15) is 20.3 Å². The number of carbonyl (C=O) groups is 3. The van der Waals surface area contributed by atoms with Crippen molar-refractivity contribution in [3.63, 3.8) is 0 Å². The highest BCUT2D eigenvalue weighted by molar-refractivity contribution is 5.96. The first-order chi connectivity index (χ1) is 15.2. The molecule has 10 heteroatoms. The summed E-state index contributed by atoms with van der Waals surface area (Å²) in [7, 11) is 2.94. The molecule has 0 spiro atoms. The van der Waals surface area contributed by atoms with E-state index in [1.807, 2.05) is 13.8 Å². The zero-order valence-corrected chi connectivity index (χ0v) is 19.0. The first-order valence-corrected chi connectivity index (χ1v) is 10.7. The average Bonchev–Trinajstić information content (AvgIpc) is 3.03. The van der Waals surface area contributed by atoms with Gasteiger partial charge in [0.2, 0.25) is 11.8 Å². The Labute approximate surface area is 187 Å². The molecule has 2 aliphatic heterocycles.